The van der Waals surface area contributed by atoms with Gasteiger partial charge in [-0.2, -0.15) is 5.10 Å². The summed E-state index contributed by atoms with van der Waals surface area (Å²) < 4.78 is 28.0. The number of H-pyrrole nitrogens is 1. The zero-order valence-corrected chi connectivity index (χ0v) is 9.72. The van der Waals surface area contributed by atoms with Crippen LogP contribution in [0.1, 0.15) is 17.7 Å². The van der Waals surface area contributed by atoms with Crippen molar-refractivity contribution in [3.8, 4) is 0 Å². The van der Waals surface area contributed by atoms with Crippen molar-refractivity contribution >= 4 is 11.7 Å². The number of aromatic amines is 1. The predicted molar refractivity (Wildman–Crippen MR) is 58.1 cm³/mol. The molecule has 96 valence electrons. The fourth-order valence-corrected chi connectivity index (χ4v) is 1.14. The van der Waals surface area contributed by atoms with Crippen LogP contribution in [0.2, 0.25) is 0 Å². The van der Waals surface area contributed by atoms with Gasteiger partial charge in [-0.1, -0.05) is 0 Å². The number of amides is 1. The molecular weight excluding hydrogens is 232 g/mol. The van der Waals surface area contributed by atoms with Crippen LogP contribution in [0.15, 0.2) is 0 Å². The van der Waals surface area contributed by atoms with Crippen LogP contribution in [0.5, 0.6) is 0 Å². The fraction of sp³-hybridized carbons (Fsp3) is 0.600. The van der Waals surface area contributed by atoms with Crippen molar-refractivity contribution < 1.29 is 18.3 Å². The van der Waals surface area contributed by atoms with Crippen LogP contribution in [0.3, 0.4) is 0 Å². The summed E-state index contributed by atoms with van der Waals surface area (Å²) in [5, 5.41) is 9.19. The minimum absolute atomic E-state index is 0.0259. The third-order valence-electron chi connectivity index (χ3n) is 2.23. The average molecular weight is 247 g/mol. The number of anilines is 1. The normalized spacial score (nSPS) is 10.9. The number of nitrogens with one attached hydrogen (secondary N) is 2. The Hall–Kier alpha value is -1.50. The monoisotopic (exact) mass is 247 g/mol. The maximum atomic E-state index is 11.7. The van der Waals surface area contributed by atoms with Crippen molar-refractivity contribution in [3.63, 3.8) is 0 Å². The molecule has 1 aromatic rings. The van der Waals surface area contributed by atoms with Gasteiger partial charge in [0.1, 0.15) is 6.61 Å². The lowest BCUT2D eigenvalue weighted by atomic mass is 10.3. The van der Waals surface area contributed by atoms with Crippen LogP contribution < -0.4 is 5.32 Å². The first-order chi connectivity index (χ1) is 8.00. The molecule has 0 saturated carbocycles. The quantitative estimate of drug-likeness (QED) is 0.751. The second kappa shape index (κ2) is 6.29. The van der Waals surface area contributed by atoms with Gasteiger partial charge in [0.25, 0.3) is 6.43 Å². The Bertz CT molecular complexity index is 380. The first-order valence-corrected chi connectivity index (χ1v) is 5.18. The molecule has 1 rings (SSSR count). The van der Waals surface area contributed by atoms with Gasteiger partial charge >= 0.3 is 0 Å². The minimum Gasteiger partial charge on any atom is -0.375 e. The van der Waals surface area contributed by atoms with Crippen LogP contribution in [0, 0.1) is 13.8 Å². The molecule has 5 nitrogen and oxygen atoms in total. The van der Waals surface area contributed by atoms with E-state index in [2.05, 4.69) is 20.3 Å². The molecule has 0 saturated heterocycles. The lowest BCUT2D eigenvalue weighted by Crippen LogP contribution is -2.16. The van der Waals surface area contributed by atoms with Gasteiger partial charge in [0.2, 0.25) is 5.91 Å². The van der Waals surface area contributed by atoms with E-state index in [0.29, 0.717) is 5.82 Å². The zero-order chi connectivity index (χ0) is 12.8. The third kappa shape index (κ3) is 4.48. The number of carbonyl (C=O) groups excluding carboxylic acids is 1. The van der Waals surface area contributed by atoms with E-state index in [1.54, 1.807) is 0 Å². The highest BCUT2D eigenvalue weighted by molar-refractivity contribution is 5.90. The van der Waals surface area contributed by atoms with Crippen molar-refractivity contribution in [2.75, 3.05) is 18.5 Å². The number of aryl methyl sites for hydroxylation is 1. The van der Waals surface area contributed by atoms with Crippen molar-refractivity contribution in [3.05, 3.63) is 11.3 Å². The smallest absolute Gasteiger partial charge is 0.261 e. The number of carbonyl (C=O) groups is 1. The van der Waals surface area contributed by atoms with Gasteiger partial charge in [-0.3, -0.25) is 9.89 Å². The number of ether oxygens (including phenoxy) is 1. The number of hydrogen-bond donors (Lipinski definition) is 2. The van der Waals surface area contributed by atoms with Crippen molar-refractivity contribution in [2.45, 2.75) is 26.7 Å². The van der Waals surface area contributed by atoms with Crippen LogP contribution >= 0.6 is 0 Å². The number of aromatic nitrogens is 2. The van der Waals surface area contributed by atoms with Gasteiger partial charge < -0.3 is 10.1 Å². The molecule has 0 aromatic carbocycles. The fourth-order valence-electron chi connectivity index (χ4n) is 1.14. The molecular formula is C10H15F2N3O2. The van der Waals surface area contributed by atoms with E-state index in [4.69, 9.17) is 0 Å². The lowest BCUT2D eigenvalue weighted by Gasteiger charge is -2.04. The predicted octanol–water partition coefficient (Wildman–Crippen LogP) is 1.64. The molecule has 0 aliphatic carbocycles. The summed E-state index contributed by atoms with van der Waals surface area (Å²) >= 11 is 0. The Balaban J connectivity index is 2.28. The van der Waals surface area contributed by atoms with Gasteiger partial charge in [-0.25, -0.2) is 8.78 Å². The molecule has 1 aromatic heterocycles. The minimum atomic E-state index is -2.51. The van der Waals surface area contributed by atoms with Crippen molar-refractivity contribution in [2.24, 2.45) is 0 Å². The standard InChI is InChI=1S/C10H15F2N3O2/c1-6-7(2)14-15-10(6)13-9(16)3-4-17-5-8(11)12/h8H,3-5H2,1-2H3,(H2,13,14,15,16). The van der Waals surface area contributed by atoms with E-state index in [0.717, 1.165) is 11.3 Å². The van der Waals surface area contributed by atoms with Gasteiger partial charge in [-0.05, 0) is 13.8 Å². The summed E-state index contributed by atoms with van der Waals surface area (Å²) in [6.45, 7) is 2.98. The molecule has 0 spiro atoms. The lowest BCUT2D eigenvalue weighted by molar-refractivity contribution is -0.117. The highest BCUT2D eigenvalue weighted by atomic mass is 19.3. The Labute approximate surface area is 97.5 Å². The Morgan fingerprint density at radius 3 is 2.76 bits per heavy atom. The largest absolute Gasteiger partial charge is 0.375 e. The molecule has 0 fully saturated rings. The van der Waals surface area contributed by atoms with Crippen molar-refractivity contribution in [1.82, 2.24) is 10.2 Å². The summed E-state index contributed by atoms with van der Waals surface area (Å²) in [5.41, 5.74) is 1.72. The molecule has 0 aliphatic heterocycles. The molecule has 0 aliphatic rings. The number of nitrogens with zero attached hydrogens (tertiary/aromatic N) is 1. The summed E-state index contributed by atoms with van der Waals surface area (Å²) in [4.78, 5) is 11.4. The highest BCUT2D eigenvalue weighted by Gasteiger charge is 2.09. The van der Waals surface area contributed by atoms with Crippen LogP contribution in [-0.4, -0.2) is 35.7 Å². The number of alkyl halides is 2. The zero-order valence-electron chi connectivity index (χ0n) is 9.72. The molecule has 1 amide bonds. The summed E-state index contributed by atoms with van der Waals surface area (Å²) in [5.74, 6) is 0.148. The molecule has 2 N–H and O–H groups in total. The van der Waals surface area contributed by atoms with E-state index in [1.807, 2.05) is 13.8 Å². The maximum absolute atomic E-state index is 11.7. The van der Waals surface area contributed by atoms with Gasteiger partial charge in [0.05, 0.1) is 13.0 Å². The summed E-state index contributed by atoms with van der Waals surface area (Å²) in [6.07, 6.45) is -2.48. The average Bonchev–Trinajstić information content (AvgIpc) is 2.56. The number of rotatable bonds is 6. The Morgan fingerprint density at radius 2 is 2.24 bits per heavy atom. The van der Waals surface area contributed by atoms with Crippen LogP contribution in [-0.2, 0) is 9.53 Å². The SMILES string of the molecule is Cc1[nH]nc(NC(=O)CCOCC(F)F)c1C. The molecule has 0 unspecified atom stereocenters. The highest BCUT2D eigenvalue weighted by Crippen LogP contribution is 2.13. The second-order valence-corrected chi connectivity index (χ2v) is 3.59. The molecule has 7 heteroatoms. The van der Waals surface area contributed by atoms with Gasteiger partial charge in [0, 0.05) is 11.3 Å². The van der Waals surface area contributed by atoms with Crippen LogP contribution in [0.4, 0.5) is 14.6 Å². The third-order valence-corrected chi connectivity index (χ3v) is 2.23. The van der Waals surface area contributed by atoms with E-state index in [9.17, 15) is 13.6 Å². The van der Waals surface area contributed by atoms with Crippen molar-refractivity contribution in [1.29, 1.82) is 0 Å². The molecule has 17 heavy (non-hydrogen) atoms. The topological polar surface area (TPSA) is 67.0 Å². The molecule has 0 radical (unpaired) electrons. The maximum Gasteiger partial charge on any atom is 0.261 e. The Kier molecular flexibility index (Phi) is 5.02. The molecule has 0 bridgehead atoms. The van der Waals surface area contributed by atoms with E-state index >= 15 is 0 Å². The first kappa shape index (κ1) is 13.6. The van der Waals surface area contributed by atoms with E-state index < -0.39 is 13.0 Å². The van der Waals surface area contributed by atoms with Crippen LogP contribution in [0.25, 0.3) is 0 Å². The first-order valence-electron chi connectivity index (χ1n) is 5.18. The van der Waals surface area contributed by atoms with E-state index in [1.165, 1.54) is 0 Å². The molecule has 1 heterocycles. The number of hydrogen-bond acceptors (Lipinski definition) is 3. The molecule has 0 atom stereocenters. The summed E-state index contributed by atoms with van der Waals surface area (Å²) in [6, 6.07) is 0. The Morgan fingerprint density at radius 1 is 1.53 bits per heavy atom. The number of halogens is 2. The van der Waals surface area contributed by atoms with Gasteiger partial charge in [-0.15, -0.1) is 0 Å². The van der Waals surface area contributed by atoms with E-state index in [-0.39, 0.29) is 18.9 Å². The second-order valence-electron chi connectivity index (χ2n) is 3.59. The summed E-state index contributed by atoms with van der Waals surface area (Å²) in [7, 11) is 0. The van der Waals surface area contributed by atoms with Gasteiger partial charge in [0.15, 0.2) is 5.82 Å².